The van der Waals surface area contributed by atoms with Gasteiger partial charge in [0.2, 0.25) is 0 Å². The first-order valence-electron chi connectivity index (χ1n) is 6.02. The van der Waals surface area contributed by atoms with E-state index < -0.39 is 11.9 Å². The van der Waals surface area contributed by atoms with Crippen LogP contribution in [0.15, 0.2) is 28.1 Å². The number of alkyl halides is 3. The molecule has 0 bridgehead atoms. The zero-order valence-electron chi connectivity index (χ0n) is 11.1. The van der Waals surface area contributed by atoms with Gasteiger partial charge in [0.25, 0.3) is 0 Å². The van der Waals surface area contributed by atoms with Crippen LogP contribution in [0.1, 0.15) is 16.1 Å². The molecule has 8 heteroatoms. The summed E-state index contributed by atoms with van der Waals surface area (Å²) in [7, 11) is 1.70. The Morgan fingerprint density at radius 2 is 2.10 bits per heavy atom. The minimum atomic E-state index is -4.46. The quantitative estimate of drug-likeness (QED) is 0.871. The van der Waals surface area contributed by atoms with Gasteiger partial charge in [0, 0.05) is 33.9 Å². The molecule has 2 aromatic rings. The number of rotatable bonds is 4. The molecule has 0 atom stereocenters. The molecule has 0 aromatic carbocycles. The van der Waals surface area contributed by atoms with Crippen LogP contribution in [0.4, 0.5) is 19.0 Å². The second-order valence-electron chi connectivity index (χ2n) is 4.47. The fourth-order valence-electron chi connectivity index (χ4n) is 1.87. The van der Waals surface area contributed by atoms with Gasteiger partial charge in [-0.3, -0.25) is 0 Å². The smallest absolute Gasteiger partial charge is 0.354 e. The minimum absolute atomic E-state index is 0.138. The Morgan fingerprint density at radius 3 is 2.62 bits per heavy atom. The van der Waals surface area contributed by atoms with Crippen LogP contribution in [0.5, 0.6) is 0 Å². The number of thiophene rings is 1. The number of aromatic nitrogens is 1. The van der Waals surface area contributed by atoms with Gasteiger partial charge in [-0.15, -0.1) is 11.3 Å². The van der Waals surface area contributed by atoms with Crippen LogP contribution < -0.4 is 10.6 Å². The molecular formula is C13H13BrF3N3S. The number of pyridine rings is 1. The van der Waals surface area contributed by atoms with E-state index in [1.807, 2.05) is 11.4 Å². The predicted octanol–water partition coefficient (Wildman–Crippen LogP) is 4.02. The first-order chi connectivity index (χ1) is 9.81. The molecular weight excluding hydrogens is 367 g/mol. The Kier molecular flexibility index (Phi) is 4.90. The standard InChI is InChI=1S/C13H13BrF3N3S/c1-20(6-10-4-9(14)7-21-10)12-8(5-18)2-3-11(19-12)13(15,16)17/h2-4,7H,5-6,18H2,1H3. The summed E-state index contributed by atoms with van der Waals surface area (Å²) >= 11 is 4.88. The summed E-state index contributed by atoms with van der Waals surface area (Å²) in [5, 5.41) is 1.92. The van der Waals surface area contributed by atoms with Crippen molar-refractivity contribution < 1.29 is 13.2 Å². The lowest BCUT2D eigenvalue weighted by molar-refractivity contribution is -0.141. The fourth-order valence-corrected chi connectivity index (χ4v) is 3.37. The van der Waals surface area contributed by atoms with Crippen LogP contribution >= 0.6 is 27.3 Å². The summed E-state index contributed by atoms with van der Waals surface area (Å²) in [6.45, 7) is 0.608. The second kappa shape index (κ2) is 6.33. The second-order valence-corrected chi connectivity index (χ2v) is 6.38. The summed E-state index contributed by atoms with van der Waals surface area (Å²) < 4.78 is 39.3. The molecule has 0 fully saturated rings. The Balaban J connectivity index is 2.31. The van der Waals surface area contributed by atoms with Crippen LogP contribution in [-0.4, -0.2) is 12.0 Å². The number of hydrogen-bond donors (Lipinski definition) is 1. The number of nitrogens with two attached hydrogens (primary N) is 1. The highest BCUT2D eigenvalue weighted by atomic mass is 79.9. The summed E-state index contributed by atoms with van der Waals surface area (Å²) in [6, 6.07) is 4.27. The fraction of sp³-hybridized carbons (Fsp3) is 0.308. The molecule has 0 amide bonds. The molecule has 0 saturated heterocycles. The van der Waals surface area contributed by atoms with E-state index in [0.29, 0.717) is 12.1 Å². The van der Waals surface area contributed by atoms with Crippen molar-refractivity contribution in [3.05, 3.63) is 44.2 Å². The highest BCUT2D eigenvalue weighted by molar-refractivity contribution is 9.10. The van der Waals surface area contributed by atoms with Crippen molar-refractivity contribution in [3.8, 4) is 0 Å². The van der Waals surface area contributed by atoms with Crippen molar-refractivity contribution in [1.82, 2.24) is 4.98 Å². The molecule has 0 aliphatic heterocycles. The van der Waals surface area contributed by atoms with E-state index in [2.05, 4.69) is 20.9 Å². The van der Waals surface area contributed by atoms with Gasteiger partial charge in [0.1, 0.15) is 11.5 Å². The normalized spacial score (nSPS) is 11.7. The average molecular weight is 380 g/mol. The van der Waals surface area contributed by atoms with E-state index in [-0.39, 0.29) is 12.4 Å². The summed E-state index contributed by atoms with van der Waals surface area (Å²) in [4.78, 5) is 6.43. The largest absolute Gasteiger partial charge is 0.433 e. The molecule has 0 unspecified atom stereocenters. The number of hydrogen-bond acceptors (Lipinski definition) is 4. The molecule has 3 nitrogen and oxygen atoms in total. The van der Waals surface area contributed by atoms with Crippen molar-refractivity contribution in [2.24, 2.45) is 5.73 Å². The molecule has 21 heavy (non-hydrogen) atoms. The first-order valence-corrected chi connectivity index (χ1v) is 7.69. The number of halogens is 4. The third-order valence-electron chi connectivity index (χ3n) is 2.84. The maximum absolute atomic E-state index is 12.8. The molecule has 2 rings (SSSR count). The Labute approximate surface area is 132 Å². The molecule has 2 aromatic heterocycles. The summed E-state index contributed by atoms with van der Waals surface area (Å²) in [6.07, 6.45) is -4.46. The molecule has 0 aliphatic rings. The van der Waals surface area contributed by atoms with Crippen molar-refractivity contribution in [2.45, 2.75) is 19.3 Å². The van der Waals surface area contributed by atoms with Crippen LogP contribution in [0.3, 0.4) is 0 Å². The van der Waals surface area contributed by atoms with Gasteiger partial charge in [-0.2, -0.15) is 13.2 Å². The Bertz CT molecular complexity index is 627. The van der Waals surface area contributed by atoms with Crippen LogP contribution in [-0.2, 0) is 19.3 Å². The molecule has 2 N–H and O–H groups in total. The molecule has 0 radical (unpaired) electrons. The van der Waals surface area contributed by atoms with Crippen LogP contribution in [0.25, 0.3) is 0 Å². The predicted molar refractivity (Wildman–Crippen MR) is 81.3 cm³/mol. The Morgan fingerprint density at radius 1 is 1.38 bits per heavy atom. The van der Waals surface area contributed by atoms with Crippen molar-refractivity contribution in [1.29, 1.82) is 0 Å². The van der Waals surface area contributed by atoms with Crippen LogP contribution in [0.2, 0.25) is 0 Å². The Hall–Kier alpha value is -1.12. The lowest BCUT2D eigenvalue weighted by atomic mass is 10.2. The summed E-state index contributed by atoms with van der Waals surface area (Å²) in [5.74, 6) is 0.261. The molecule has 0 spiro atoms. The van der Waals surface area contributed by atoms with E-state index in [0.717, 1.165) is 15.4 Å². The van der Waals surface area contributed by atoms with Crippen molar-refractivity contribution in [3.63, 3.8) is 0 Å². The zero-order valence-corrected chi connectivity index (χ0v) is 13.5. The van der Waals surface area contributed by atoms with Gasteiger partial charge < -0.3 is 10.6 Å². The monoisotopic (exact) mass is 379 g/mol. The van der Waals surface area contributed by atoms with Gasteiger partial charge in [-0.05, 0) is 28.1 Å². The van der Waals surface area contributed by atoms with E-state index in [1.165, 1.54) is 17.4 Å². The maximum Gasteiger partial charge on any atom is 0.433 e. The molecule has 114 valence electrons. The van der Waals surface area contributed by atoms with E-state index >= 15 is 0 Å². The van der Waals surface area contributed by atoms with Gasteiger partial charge in [-0.25, -0.2) is 4.98 Å². The number of anilines is 1. The van der Waals surface area contributed by atoms with Crippen molar-refractivity contribution in [2.75, 3.05) is 11.9 Å². The molecule has 2 heterocycles. The van der Waals surface area contributed by atoms with Gasteiger partial charge in [-0.1, -0.05) is 6.07 Å². The van der Waals surface area contributed by atoms with E-state index in [1.54, 1.807) is 11.9 Å². The molecule has 0 aliphatic carbocycles. The van der Waals surface area contributed by atoms with E-state index in [9.17, 15) is 13.2 Å². The number of nitrogens with zero attached hydrogens (tertiary/aromatic N) is 2. The lowest BCUT2D eigenvalue weighted by Gasteiger charge is -2.21. The third-order valence-corrected chi connectivity index (χ3v) is 4.53. The molecule has 0 saturated carbocycles. The highest BCUT2D eigenvalue weighted by Gasteiger charge is 2.33. The van der Waals surface area contributed by atoms with Crippen LogP contribution in [0, 0.1) is 0 Å². The third kappa shape index (κ3) is 3.96. The average Bonchev–Trinajstić information content (AvgIpc) is 2.82. The first kappa shape index (κ1) is 16.3. The highest BCUT2D eigenvalue weighted by Crippen LogP contribution is 2.31. The zero-order chi connectivity index (χ0) is 15.6. The van der Waals surface area contributed by atoms with E-state index in [4.69, 9.17) is 5.73 Å². The maximum atomic E-state index is 12.8. The van der Waals surface area contributed by atoms with Gasteiger partial charge in [0.05, 0.1) is 6.54 Å². The van der Waals surface area contributed by atoms with Gasteiger partial charge >= 0.3 is 6.18 Å². The summed E-state index contributed by atoms with van der Waals surface area (Å²) in [5.41, 5.74) is 5.27. The SMILES string of the molecule is CN(Cc1cc(Br)cs1)c1nc(C(F)(F)F)ccc1CN. The topological polar surface area (TPSA) is 42.2 Å². The minimum Gasteiger partial charge on any atom is -0.354 e. The van der Waals surface area contributed by atoms with Gasteiger partial charge in [0.15, 0.2) is 0 Å². The lowest BCUT2D eigenvalue weighted by Crippen LogP contribution is -2.22. The van der Waals surface area contributed by atoms with Crippen molar-refractivity contribution >= 4 is 33.1 Å².